The summed E-state index contributed by atoms with van der Waals surface area (Å²) in [5.41, 5.74) is 2.06. The van der Waals surface area contributed by atoms with Gasteiger partial charge in [-0.2, -0.15) is 5.10 Å². The molecule has 0 aliphatic rings. The fourth-order valence-corrected chi connectivity index (χ4v) is 1.99. The van der Waals surface area contributed by atoms with E-state index in [1.54, 1.807) is 23.0 Å². The van der Waals surface area contributed by atoms with E-state index in [1.807, 2.05) is 13.2 Å². The van der Waals surface area contributed by atoms with Crippen LogP contribution in [0.15, 0.2) is 30.9 Å². The summed E-state index contributed by atoms with van der Waals surface area (Å²) >= 11 is 6.08. The highest BCUT2D eigenvalue weighted by atomic mass is 35.5. The first-order chi connectivity index (χ1) is 10.2. The average Bonchev–Trinajstić information content (AvgIpc) is 2.93. The Labute approximate surface area is 125 Å². The molecule has 8 heteroatoms. The predicted octanol–water partition coefficient (Wildman–Crippen LogP) is 2.00. The van der Waals surface area contributed by atoms with Crippen LogP contribution in [-0.4, -0.2) is 36.8 Å². The molecule has 0 radical (unpaired) electrons. The molecule has 0 N–H and O–H groups in total. The van der Waals surface area contributed by atoms with E-state index < -0.39 is 0 Å². The highest BCUT2D eigenvalue weighted by Crippen LogP contribution is 2.23. The lowest BCUT2D eigenvalue weighted by Gasteiger charge is -2.04. The van der Waals surface area contributed by atoms with Crippen molar-refractivity contribution in [3.63, 3.8) is 0 Å². The summed E-state index contributed by atoms with van der Waals surface area (Å²) in [4.78, 5) is 16.8. The second-order valence-corrected chi connectivity index (χ2v) is 4.64. The van der Waals surface area contributed by atoms with Crippen LogP contribution in [-0.2, 0) is 7.05 Å². The number of hydrogen-bond donors (Lipinski definition) is 0. The molecule has 0 bridgehead atoms. The lowest BCUT2D eigenvalue weighted by atomic mass is 10.2. The van der Waals surface area contributed by atoms with Gasteiger partial charge in [-0.1, -0.05) is 11.6 Å². The van der Waals surface area contributed by atoms with Crippen LogP contribution in [0.1, 0.15) is 0 Å². The molecule has 0 aliphatic carbocycles. The van der Waals surface area contributed by atoms with Gasteiger partial charge in [0.25, 0.3) is 0 Å². The molecule has 0 saturated heterocycles. The number of hydrogen-bond acceptors (Lipinski definition) is 6. The summed E-state index contributed by atoms with van der Waals surface area (Å²) in [6.07, 6.45) is 4.95. The summed E-state index contributed by atoms with van der Waals surface area (Å²) in [7, 11) is 3.37. The maximum absolute atomic E-state index is 6.08. The van der Waals surface area contributed by atoms with Gasteiger partial charge in [0.1, 0.15) is 17.2 Å². The molecule has 0 aromatic carbocycles. The van der Waals surface area contributed by atoms with E-state index >= 15 is 0 Å². The molecule has 0 saturated carbocycles. The quantitative estimate of drug-likeness (QED) is 0.689. The SMILES string of the molecule is COc1cc(-c2nc(Cl)cc(-c3cnn(C)c3)n2)ncn1. The van der Waals surface area contributed by atoms with Crippen molar-refractivity contribution in [2.75, 3.05) is 7.11 Å². The minimum Gasteiger partial charge on any atom is -0.481 e. The smallest absolute Gasteiger partial charge is 0.216 e. The van der Waals surface area contributed by atoms with Gasteiger partial charge in [-0.3, -0.25) is 4.68 Å². The van der Waals surface area contributed by atoms with Crippen LogP contribution in [0.5, 0.6) is 5.88 Å². The molecule has 3 aromatic heterocycles. The van der Waals surface area contributed by atoms with E-state index in [-0.39, 0.29) is 0 Å². The molecule has 0 spiro atoms. The first kappa shape index (κ1) is 13.4. The van der Waals surface area contributed by atoms with Gasteiger partial charge >= 0.3 is 0 Å². The van der Waals surface area contributed by atoms with E-state index in [0.717, 1.165) is 5.56 Å². The summed E-state index contributed by atoms with van der Waals surface area (Å²) < 4.78 is 6.76. The molecule has 3 aromatic rings. The van der Waals surface area contributed by atoms with Gasteiger partial charge in [0.15, 0.2) is 5.82 Å². The largest absolute Gasteiger partial charge is 0.481 e. The Bertz CT molecular complexity index is 788. The van der Waals surface area contributed by atoms with Gasteiger partial charge in [0.2, 0.25) is 5.88 Å². The molecule has 0 atom stereocenters. The van der Waals surface area contributed by atoms with Crippen molar-refractivity contribution in [1.82, 2.24) is 29.7 Å². The number of methoxy groups -OCH3 is 1. The van der Waals surface area contributed by atoms with Crippen LogP contribution in [0.2, 0.25) is 5.15 Å². The average molecular weight is 303 g/mol. The van der Waals surface area contributed by atoms with E-state index in [1.165, 1.54) is 13.4 Å². The Hall–Kier alpha value is -2.54. The molecule has 106 valence electrons. The lowest BCUT2D eigenvalue weighted by molar-refractivity contribution is 0.397. The third-order valence-electron chi connectivity index (χ3n) is 2.78. The summed E-state index contributed by atoms with van der Waals surface area (Å²) in [6.45, 7) is 0. The molecule has 0 amide bonds. The van der Waals surface area contributed by atoms with Crippen LogP contribution in [0.3, 0.4) is 0 Å². The number of aromatic nitrogens is 6. The van der Waals surface area contributed by atoms with Crippen molar-refractivity contribution < 1.29 is 4.74 Å². The summed E-state index contributed by atoms with van der Waals surface area (Å²) in [6, 6.07) is 3.33. The summed E-state index contributed by atoms with van der Waals surface area (Å²) in [5.74, 6) is 0.841. The number of rotatable bonds is 3. The Morgan fingerprint density at radius 3 is 2.71 bits per heavy atom. The molecular weight excluding hydrogens is 292 g/mol. The molecule has 21 heavy (non-hydrogen) atoms. The van der Waals surface area contributed by atoms with Crippen molar-refractivity contribution in [3.8, 4) is 28.7 Å². The third kappa shape index (κ3) is 2.82. The maximum Gasteiger partial charge on any atom is 0.216 e. The number of ether oxygens (including phenoxy) is 1. The van der Waals surface area contributed by atoms with Crippen molar-refractivity contribution in [3.05, 3.63) is 36.0 Å². The molecule has 0 aliphatic heterocycles. The van der Waals surface area contributed by atoms with Gasteiger partial charge in [-0.25, -0.2) is 19.9 Å². The zero-order valence-electron chi connectivity index (χ0n) is 11.4. The van der Waals surface area contributed by atoms with Gasteiger partial charge in [-0.05, 0) is 0 Å². The normalized spacial score (nSPS) is 10.6. The number of halogens is 1. The number of nitrogens with zero attached hydrogens (tertiary/aromatic N) is 6. The van der Waals surface area contributed by atoms with E-state index in [0.29, 0.717) is 28.2 Å². The molecule has 7 nitrogen and oxygen atoms in total. The van der Waals surface area contributed by atoms with Crippen LogP contribution in [0, 0.1) is 0 Å². The Morgan fingerprint density at radius 1 is 1.14 bits per heavy atom. The van der Waals surface area contributed by atoms with E-state index in [9.17, 15) is 0 Å². The minimum absolute atomic E-state index is 0.330. The van der Waals surface area contributed by atoms with Crippen molar-refractivity contribution in [2.45, 2.75) is 0 Å². The van der Waals surface area contributed by atoms with Crippen molar-refractivity contribution >= 4 is 11.6 Å². The standard InChI is InChI=1S/C13H11ClN6O/c1-20-6-8(5-17-20)9-3-11(14)19-13(18-9)10-4-12(21-2)16-7-15-10/h3-7H,1-2H3. The fraction of sp³-hybridized carbons (Fsp3) is 0.154. The van der Waals surface area contributed by atoms with Crippen molar-refractivity contribution in [1.29, 1.82) is 0 Å². The van der Waals surface area contributed by atoms with Gasteiger partial charge in [0, 0.05) is 30.9 Å². The van der Waals surface area contributed by atoms with Crippen molar-refractivity contribution in [2.24, 2.45) is 7.05 Å². The first-order valence-corrected chi connectivity index (χ1v) is 6.43. The molecule has 3 rings (SSSR count). The van der Waals surface area contributed by atoms with Crippen LogP contribution in [0.4, 0.5) is 0 Å². The lowest BCUT2D eigenvalue weighted by Crippen LogP contribution is -1.96. The van der Waals surface area contributed by atoms with Gasteiger partial charge in [0.05, 0.1) is 19.0 Å². The topological polar surface area (TPSA) is 78.6 Å². The Balaban J connectivity index is 2.09. The zero-order chi connectivity index (χ0) is 14.8. The van der Waals surface area contributed by atoms with Crippen LogP contribution < -0.4 is 4.74 Å². The Morgan fingerprint density at radius 2 is 2.00 bits per heavy atom. The zero-order valence-corrected chi connectivity index (χ0v) is 12.1. The van der Waals surface area contributed by atoms with Crippen LogP contribution >= 0.6 is 11.6 Å². The summed E-state index contributed by atoms with van der Waals surface area (Å²) in [5, 5.41) is 4.45. The van der Waals surface area contributed by atoms with E-state index in [2.05, 4.69) is 25.0 Å². The van der Waals surface area contributed by atoms with E-state index in [4.69, 9.17) is 16.3 Å². The third-order valence-corrected chi connectivity index (χ3v) is 2.97. The fourth-order valence-electron chi connectivity index (χ4n) is 1.81. The molecular formula is C13H11ClN6O. The van der Waals surface area contributed by atoms with Gasteiger partial charge in [-0.15, -0.1) is 0 Å². The molecule has 0 fully saturated rings. The minimum atomic E-state index is 0.330. The van der Waals surface area contributed by atoms with Gasteiger partial charge < -0.3 is 4.74 Å². The second kappa shape index (κ2) is 5.45. The van der Waals surface area contributed by atoms with Crippen LogP contribution in [0.25, 0.3) is 22.8 Å². The Kier molecular flexibility index (Phi) is 3.49. The predicted molar refractivity (Wildman–Crippen MR) is 76.8 cm³/mol. The highest BCUT2D eigenvalue weighted by molar-refractivity contribution is 6.29. The maximum atomic E-state index is 6.08. The first-order valence-electron chi connectivity index (χ1n) is 6.06. The number of aryl methyl sites for hydroxylation is 1. The monoisotopic (exact) mass is 302 g/mol. The highest BCUT2D eigenvalue weighted by Gasteiger charge is 2.11. The molecule has 0 unspecified atom stereocenters. The second-order valence-electron chi connectivity index (χ2n) is 4.25. The molecule has 3 heterocycles.